The number of amides is 2. The van der Waals surface area contributed by atoms with E-state index in [1.807, 2.05) is 0 Å². The van der Waals surface area contributed by atoms with Crippen LogP contribution in [0.15, 0.2) is 0 Å². The Labute approximate surface area is 126 Å². The van der Waals surface area contributed by atoms with Gasteiger partial charge in [0.1, 0.15) is 11.1 Å². The Morgan fingerprint density at radius 2 is 2.24 bits per heavy atom. The zero-order valence-corrected chi connectivity index (χ0v) is 12.5. The van der Waals surface area contributed by atoms with Crippen LogP contribution in [-0.2, 0) is 22.4 Å². The normalized spacial score (nSPS) is 16.7. The Balaban J connectivity index is 2.16. The van der Waals surface area contributed by atoms with Crippen molar-refractivity contribution in [3.8, 4) is 6.07 Å². The Hall–Kier alpha value is -1.91. The maximum atomic E-state index is 11.8. The van der Waals surface area contributed by atoms with Crippen LogP contribution in [-0.4, -0.2) is 30.1 Å². The Kier molecular flexibility index (Phi) is 4.94. The quantitative estimate of drug-likeness (QED) is 0.718. The molecule has 1 aliphatic carbocycles. The summed E-state index contributed by atoms with van der Waals surface area (Å²) >= 11 is 1.38. The van der Waals surface area contributed by atoms with Crippen molar-refractivity contribution in [1.82, 2.24) is 5.32 Å². The van der Waals surface area contributed by atoms with Gasteiger partial charge < -0.3 is 15.7 Å². The highest BCUT2D eigenvalue weighted by atomic mass is 32.1. The average Bonchev–Trinajstić information content (AvgIpc) is 2.80. The number of nitriles is 1. The topological polar surface area (TPSA) is 102 Å². The molecule has 1 heterocycles. The fraction of sp³-hybridized carbons (Fsp3) is 0.500. The third-order valence-corrected chi connectivity index (χ3v) is 4.62. The Morgan fingerprint density at radius 3 is 2.90 bits per heavy atom. The lowest BCUT2D eigenvalue weighted by Crippen LogP contribution is -2.36. The molecule has 6 nitrogen and oxygen atoms in total. The number of rotatable bonds is 3. The zero-order chi connectivity index (χ0) is 15.4. The lowest BCUT2D eigenvalue weighted by Gasteiger charge is -2.17. The minimum absolute atomic E-state index is 0.0236. The number of carbonyl (C=O) groups excluding carboxylic acids is 2. The molecule has 2 amide bonds. The van der Waals surface area contributed by atoms with Crippen LogP contribution in [0, 0.1) is 17.2 Å². The van der Waals surface area contributed by atoms with Gasteiger partial charge in [-0.3, -0.25) is 9.59 Å². The maximum Gasteiger partial charge on any atom is 0.314 e. The number of hydrogen-bond donors (Lipinski definition) is 3. The molecule has 1 aromatic rings. The first-order valence-corrected chi connectivity index (χ1v) is 7.63. The molecule has 0 bridgehead atoms. The first-order valence-electron chi connectivity index (χ1n) is 6.81. The second kappa shape index (κ2) is 6.70. The van der Waals surface area contributed by atoms with E-state index in [4.69, 9.17) is 5.11 Å². The van der Waals surface area contributed by atoms with Gasteiger partial charge in [-0.25, -0.2) is 0 Å². The van der Waals surface area contributed by atoms with Crippen molar-refractivity contribution in [3.63, 3.8) is 0 Å². The third kappa shape index (κ3) is 3.40. The molecule has 0 radical (unpaired) electrons. The fourth-order valence-electron chi connectivity index (χ4n) is 2.37. The molecule has 2 rings (SSSR count). The molecule has 0 aromatic carbocycles. The summed E-state index contributed by atoms with van der Waals surface area (Å²) in [6.45, 7) is 1.96. The predicted octanol–water partition coefficient (Wildman–Crippen LogP) is 0.792. The van der Waals surface area contributed by atoms with Gasteiger partial charge in [0.15, 0.2) is 0 Å². The molecule has 21 heavy (non-hydrogen) atoms. The standard InChI is InChI=1S/C14H17N3O3S/c1-8-2-3-9-10(7-15)14(21-11(9)6-8)17-13(20)12(19)16-4-5-18/h8,18H,2-6H2,1H3,(H,16,19)(H,17,20)/t8-/m1/s1. The Morgan fingerprint density at radius 1 is 1.48 bits per heavy atom. The summed E-state index contributed by atoms with van der Waals surface area (Å²) < 4.78 is 0. The van der Waals surface area contributed by atoms with Crippen molar-refractivity contribution in [3.05, 3.63) is 16.0 Å². The van der Waals surface area contributed by atoms with E-state index in [-0.39, 0.29) is 13.2 Å². The van der Waals surface area contributed by atoms with E-state index >= 15 is 0 Å². The van der Waals surface area contributed by atoms with Gasteiger partial charge in [0, 0.05) is 11.4 Å². The zero-order valence-electron chi connectivity index (χ0n) is 11.7. The highest BCUT2D eigenvalue weighted by molar-refractivity contribution is 7.16. The molecule has 0 aliphatic heterocycles. The number of fused-ring (bicyclic) bond motifs is 1. The number of nitrogens with one attached hydrogen (secondary N) is 2. The number of carbonyl (C=O) groups is 2. The fourth-order valence-corrected chi connectivity index (χ4v) is 3.72. The van der Waals surface area contributed by atoms with E-state index in [9.17, 15) is 14.9 Å². The number of nitrogens with zero attached hydrogens (tertiary/aromatic N) is 1. The number of thiophene rings is 1. The first-order chi connectivity index (χ1) is 10.1. The highest BCUT2D eigenvalue weighted by Gasteiger charge is 2.25. The SMILES string of the molecule is C[C@@H]1CCc2c(sc(NC(=O)C(=O)NCCO)c2C#N)C1. The summed E-state index contributed by atoms with van der Waals surface area (Å²) in [6.07, 6.45) is 2.77. The summed E-state index contributed by atoms with van der Waals surface area (Å²) in [5, 5.41) is 23.1. The molecule has 1 atom stereocenters. The maximum absolute atomic E-state index is 11.8. The van der Waals surface area contributed by atoms with Crippen molar-refractivity contribution in [2.75, 3.05) is 18.5 Å². The van der Waals surface area contributed by atoms with Crippen LogP contribution >= 0.6 is 11.3 Å². The predicted molar refractivity (Wildman–Crippen MR) is 78.9 cm³/mol. The van der Waals surface area contributed by atoms with E-state index in [1.165, 1.54) is 11.3 Å². The molecular formula is C14H17N3O3S. The van der Waals surface area contributed by atoms with E-state index in [0.29, 0.717) is 16.5 Å². The van der Waals surface area contributed by atoms with Crippen molar-refractivity contribution >= 4 is 28.2 Å². The van der Waals surface area contributed by atoms with Gasteiger partial charge in [-0.15, -0.1) is 11.3 Å². The monoisotopic (exact) mass is 307 g/mol. The van der Waals surface area contributed by atoms with Crippen LogP contribution in [0.25, 0.3) is 0 Å². The van der Waals surface area contributed by atoms with Crippen LogP contribution < -0.4 is 10.6 Å². The molecule has 0 saturated carbocycles. The van der Waals surface area contributed by atoms with Gasteiger partial charge >= 0.3 is 11.8 Å². The Bertz CT molecular complexity index is 603. The third-order valence-electron chi connectivity index (χ3n) is 3.45. The molecule has 0 saturated heterocycles. The molecule has 7 heteroatoms. The number of anilines is 1. The summed E-state index contributed by atoms with van der Waals surface area (Å²) in [7, 11) is 0. The smallest absolute Gasteiger partial charge is 0.314 e. The van der Waals surface area contributed by atoms with Crippen molar-refractivity contribution in [1.29, 1.82) is 5.26 Å². The lowest BCUT2D eigenvalue weighted by molar-refractivity contribution is -0.136. The van der Waals surface area contributed by atoms with E-state index in [1.54, 1.807) is 0 Å². The van der Waals surface area contributed by atoms with Gasteiger partial charge in [-0.05, 0) is 30.7 Å². The van der Waals surface area contributed by atoms with Crippen molar-refractivity contribution in [2.24, 2.45) is 5.92 Å². The summed E-state index contributed by atoms with van der Waals surface area (Å²) in [5.41, 5.74) is 1.48. The average molecular weight is 307 g/mol. The minimum Gasteiger partial charge on any atom is -0.395 e. The molecule has 112 valence electrons. The second-order valence-corrected chi connectivity index (χ2v) is 6.21. The molecular weight excluding hydrogens is 290 g/mol. The van der Waals surface area contributed by atoms with Gasteiger partial charge in [-0.2, -0.15) is 5.26 Å². The van der Waals surface area contributed by atoms with Crippen molar-refractivity contribution in [2.45, 2.75) is 26.2 Å². The lowest BCUT2D eigenvalue weighted by atomic mass is 9.89. The van der Waals surface area contributed by atoms with E-state index in [2.05, 4.69) is 23.6 Å². The van der Waals surface area contributed by atoms with Crippen LogP contribution in [0.5, 0.6) is 0 Å². The number of aliphatic hydroxyl groups excluding tert-OH is 1. The van der Waals surface area contributed by atoms with Gasteiger partial charge in [-0.1, -0.05) is 6.92 Å². The van der Waals surface area contributed by atoms with E-state index in [0.717, 1.165) is 29.7 Å². The van der Waals surface area contributed by atoms with E-state index < -0.39 is 11.8 Å². The number of aliphatic hydroxyl groups is 1. The summed E-state index contributed by atoms with van der Waals surface area (Å²) in [5.74, 6) is -1.06. The molecule has 0 unspecified atom stereocenters. The highest BCUT2D eigenvalue weighted by Crippen LogP contribution is 2.39. The summed E-state index contributed by atoms with van der Waals surface area (Å²) in [6, 6.07) is 2.13. The molecule has 0 spiro atoms. The molecule has 3 N–H and O–H groups in total. The van der Waals surface area contributed by atoms with Crippen LogP contribution in [0.4, 0.5) is 5.00 Å². The first kappa shape index (κ1) is 15.5. The second-order valence-electron chi connectivity index (χ2n) is 5.10. The number of hydrogen-bond acceptors (Lipinski definition) is 5. The molecule has 1 aliphatic rings. The molecule has 0 fully saturated rings. The van der Waals surface area contributed by atoms with Crippen molar-refractivity contribution < 1.29 is 14.7 Å². The van der Waals surface area contributed by atoms with Gasteiger partial charge in [0.05, 0.1) is 12.2 Å². The van der Waals surface area contributed by atoms with Gasteiger partial charge in [0.2, 0.25) is 0 Å². The van der Waals surface area contributed by atoms with Crippen LogP contribution in [0.3, 0.4) is 0 Å². The largest absolute Gasteiger partial charge is 0.395 e. The molecule has 1 aromatic heterocycles. The minimum atomic E-state index is -0.813. The van der Waals surface area contributed by atoms with Crippen LogP contribution in [0.1, 0.15) is 29.3 Å². The summed E-state index contributed by atoms with van der Waals surface area (Å²) in [4.78, 5) is 24.4. The van der Waals surface area contributed by atoms with Gasteiger partial charge in [0.25, 0.3) is 0 Å². The van der Waals surface area contributed by atoms with Crippen LogP contribution in [0.2, 0.25) is 0 Å².